The Morgan fingerprint density at radius 2 is 2.25 bits per heavy atom. The quantitative estimate of drug-likeness (QED) is 0.614. The van der Waals surface area contributed by atoms with Gasteiger partial charge in [0.05, 0.1) is 25.3 Å². The first-order valence-electron chi connectivity index (χ1n) is 4.15. The van der Waals surface area contributed by atoms with Crippen LogP contribution in [0.4, 0.5) is 13.2 Å². The maximum Gasteiger partial charge on any atom is 0.310 e. The van der Waals surface area contributed by atoms with Gasteiger partial charge in [-0.2, -0.15) is 0 Å². The number of rotatable bonds is 3. The van der Waals surface area contributed by atoms with Crippen molar-refractivity contribution in [2.45, 2.75) is 12.8 Å². The van der Waals surface area contributed by atoms with Crippen LogP contribution in [0.2, 0.25) is 5.15 Å². The van der Waals surface area contributed by atoms with E-state index in [1.165, 1.54) is 0 Å². The number of methoxy groups -OCH3 is 1. The molecule has 0 amide bonds. The molecule has 0 bridgehead atoms. The first kappa shape index (κ1) is 12.8. The molecule has 0 saturated heterocycles. The van der Waals surface area contributed by atoms with E-state index in [0.717, 1.165) is 7.11 Å². The van der Waals surface area contributed by atoms with Crippen LogP contribution in [-0.4, -0.2) is 18.1 Å². The van der Waals surface area contributed by atoms with E-state index in [0.29, 0.717) is 6.20 Å². The molecule has 16 heavy (non-hydrogen) atoms. The van der Waals surface area contributed by atoms with E-state index in [9.17, 15) is 18.0 Å². The summed E-state index contributed by atoms with van der Waals surface area (Å²) in [5, 5.41) is -0.331. The molecule has 3 nitrogen and oxygen atoms in total. The van der Waals surface area contributed by atoms with E-state index in [1.54, 1.807) is 0 Å². The number of hydrogen-bond donors (Lipinski definition) is 0. The van der Waals surface area contributed by atoms with Gasteiger partial charge in [-0.15, -0.1) is 0 Å². The molecule has 0 aromatic carbocycles. The van der Waals surface area contributed by atoms with Crippen molar-refractivity contribution >= 4 is 17.6 Å². The van der Waals surface area contributed by atoms with Crippen molar-refractivity contribution in [1.82, 2.24) is 4.98 Å². The number of esters is 1. The van der Waals surface area contributed by atoms with Crippen molar-refractivity contribution < 1.29 is 22.7 Å². The third kappa shape index (κ3) is 2.63. The molecular formula is C9H7ClF3NO2. The van der Waals surface area contributed by atoms with E-state index >= 15 is 0 Å². The fourth-order valence-electron chi connectivity index (χ4n) is 1.14. The number of ether oxygens (including phenoxy) is 1. The number of hydrogen-bond acceptors (Lipinski definition) is 3. The Kier molecular flexibility index (Phi) is 4.12. The first-order chi connectivity index (χ1) is 7.47. The number of pyridine rings is 1. The zero-order chi connectivity index (χ0) is 12.3. The normalized spacial score (nSPS) is 10.6. The van der Waals surface area contributed by atoms with E-state index in [1.807, 2.05) is 0 Å². The molecule has 0 aliphatic heterocycles. The Morgan fingerprint density at radius 3 is 2.75 bits per heavy atom. The van der Waals surface area contributed by atoms with Crippen LogP contribution >= 0.6 is 11.6 Å². The van der Waals surface area contributed by atoms with E-state index in [2.05, 4.69) is 9.72 Å². The molecule has 0 radical (unpaired) electrons. The van der Waals surface area contributed by atoms with E-state index < -0.39 is 30.2 Å². The zero-order valence-electron chi connectivity index (χ0n) is 8.14. The fraction of sp³-hybridized carbons (Fsp3) is 0.333. The van der Waals surface area contributed by atoms with Gasteiger partial charge in [-0.25, -0.2) is 18.2 Å². The summed E-state index contributed by atoms with van der Waals surface area (Å²) in [5.74, 6) is -1.99. The van der Waals surface area contributed by atoms with Crippen molar-refractivity contribution in [3.63, 3.8) is 0 Å². The number of nitrogens with zero attached hydrogens (tertiary/aromatic N) is 1. The Morgan fingerprint density at radius 1 is 1.62 bits per heavy atom. The Labute approximate surface area is 94.2 Å². The van der Waals surface area contributed by atoms with Gasteiger partial charge in [0.1, 0.15) is 5.15 Å². The molecule has 0 saturated carbocycles. The number of halogens is 4. The topological polar surface area (TPSA) is 39.2 Å². The van der Waals surface area contributed by atoms with Crippen molar-refractivity contribution in [3.05, 3.63) is 28.3 Å². The maximum atomic E-state index is 13.1. The lowest BCUT2D eigenvalue weighted by molar-refractivity contribution is -0.139. The van der Waals surface area contributed by atoms with Gasteiger partial charge < -0.3 is 4.74 Å². The zero-order valence-corrected chi connectivity index (χ0v) is 8.89. The molecule has 0 N–H and O–H groups in total. The summed E-state index contributed by atoms with van der Waals surface area (Å²) in [6.45, 7) is 0. The van der Waals surface area contributed by atoms with Gasteiger partial charge in [0.2, 0.25) is 0 Å². The Hall–Kier alpha value is -1.30. The second-order valence-corrected chi connectivity index (χ2v) is 3.20. The molecule has 0 aliphatic rings. The van der Waals surface area contributed by atoms with Crippen LogP contribution in [0.3, 0.4) is 0 Å². The molecule has 0 spiro atoms. The monoisotopic (exact) mass is 253 g/mol. The van der Waals surface area contributed by atoms with Gasteiger partial charge >= 0.3 is 5.97 Å². The van der Waals surface area contributed by atoms with E-state index in [4.69, 9.17) is 11.6 Å². The summed E-state index contributed by atoms with van der Waals surface area (Å²) in [4.78, 5) is 14.3. The number of carbonyl (C=O) groups is 1. The average molecular weight is 254 g/mol. The number of aromatic nitrogens is 1. The third-order valence-electron chi connectivity index (χ3n) is 1.89. The van der Waals surface area contributed by atoms with Gasteiger partial charge in [0.15, 0.2) is 5.82 Å². The molecule has 0 aliphatic carbocycles. The summed E-state index contributed by atoms with van der Waals surface area (Å²) in [6, 6.07) is 0. The highest BCUT2D eigenvalue weighted by Crippen LogP contribution is 2.29. The van der Waals surface area contributed by atoms with Crippen molar-refractivity contribution in [1.29, 1.82) is 0 Å². The summed E-state index contributed by atoms with van der Waals surface area (Å²) >= 11 is 5.53. The molecule has 7 heteroatoms. The van der Waals surface area contributed by atoms with Gasteiger partial charge in [-0.05, 0) is 0 Å². The van der Waals surface area contributed by atoms with Crippen LogP contribution in [-0.2, 0) is 16.0 Å². The molecule has 0 unspecified atom stereocenters. The Bertz CT molecular complexity index is 412. The van der Waals surface area contributed by atoms with Gasteiger partial charge in [-0.1, -0.05) is 11.6 Å². The van der Waals surface area contributed by atoms with Crippen LogP contribution in [0.15, 0.2) is 6.20 Å². The van der Waals surface area contributed by atoms with Crippen molar-refractivity contribution in [3.8, 4) is 0 Å². The van der Waals surface area contributed by atoms with Gasteiger partial charge in [0.25, 0.3) is 6.43 Å². The minimum Gasteiger partial charge on any atom is -0.469 e. The molecule has 0 atom stereocenters. The van der Waals surface area contributed by atoms with Gasteiger partial charge in [0, 0.05) is 5.56 Å². The molecule has 0 fully saturated rings. The summed E-state index contributed by atoms with van der Waals surface area (Å²) < 4.78 is 42.5. The average Bonchev–Trinajstić information content (AvgIpc) is 2.22. The maximum absolute atomic E-state index is 13.1. The smallest absolute Gasteiger partial charge is 0.310 e. The standard InChI is InChI=1S/C9H7ClF3NO2/c1-16-6(15)2-4-7(9(12)13)5(11)3-14-8(4)10/h3,9H,2H2,1H3. The molecule has 1 heterocycles. The van der Waals surface area contributed by atoms with Crippen LogP contribution in [0, 0.1) is 5.82 Å². The SMILES string of the molecule is COC(=O)Cc1c(Cl)ncc(F)c1C(F)F. The van der Waals surface area contributed by atoms with Crippen LogP contribution < -0.4 is 0 Å². The summed E-state index contributed by atoms with van der Waals surface area (Å²) in [7, 11) is 1.09. The molecular weight excluding hydrogens is 247 g/mol. The van der Waals surface area contributed by atoms with E-state index in [-0.39, 0.29) is 10.7 Å². The number of carbonyl (C=O) groups excluding carboxylic acids is 1. The first-order valence-corrected chi connectivity index (χ1v) is 4.53. The predicted molar refractivity (Wildman–Crippen MR) is 49.9 cm³/mol. The minimum atomic E-state index is -3.07. The second-order valence-electron chi connectivity index (χ2n) is 2.84. The molecule has 1 rings (SSSR count). The van der Waals surface area contributed by atoms with Crippen molar-refractivity contribution in [2.24, 2.45) is 0 Å². The van der Waals surface area contributed by atoms with Crippen LogP contribution in [0.25, 0.3) is 0 Å². The Balaban J connectivity index is 3.23. The third-order valence-corrected chi connectivity index (χ3v) is 2.22. The molecule has 1 aromatic heterocycles. The lowest BCUT2D eigenvalue weighted by Gasteiger charge is -2.09. The largest absolute Gasteiger partial charge is 0.469 e. The van der Waals surface area contributed by atoms with Crippen molar-refractivity contribution in [2.75, 3.05) is 7.11 Å². The highest BCUT2D eigenvalue weighted by Gasteiger charge is 2.23. The lowest BCUT2D eigenvalue weighted by Crippen LogP contribution is -2.10. The minimum absolute atomic E-state index is 0.331. The fourth-order valence-corrected chi connectivity index (χ4v) is 1.35. The van der Waals surface area contributed by atoms with Gasteiger partial charge in [-0.3, -0.25) is 4.79 Å². The molecule has 1 aromatic rings. The highest BCUT2D eigenvalue weighted by atomic mass is 35.5. The molecule has 88 valence electrons. The predicted octanol–water partition coefficient (Wildman–Crippen LogP) is 2.53. The van der Waals surface area contributed by atoms with Crippen LogP contribution in [0.1, 0.15) is 17.6 Å². The second kappa shape index (κ2) is 5.16. The lowest BCUT2D eigenvalue weighted by atomic mass is 10.1. The van der Waals surface area contributed by atoms with Crippen LogP contribution in [0.5, 0.6) is 0 Å². The number of alkyl halides is 2. The summed E-state index contributed by atoms with van der Waals surface area (Å²) in [5.41, 5.74) is -1.26. The summed E-state index contributed by atoms with van der Waals surface area (Å²) in [6.07, 6.45) is -3.02. The highest BCUT2D eigenvalue weighted by molar-refractivity contribution is 6.30.